The molecule has 14 heavy (non-hydrogen) atoms. The van der Waals surface area contributed by atoms with Crippen LogP contribution in [0.3, 0.4) is 0 Å². The van der Waals surface area contributed by atoms with E-state index in [9.17, 15) is 0 Å². The maximum Gasteiger partial charge on any atom is 0.127 e. The Morgan fingerprint density at radius 3 is 2.57 bits per heavy atom. The molecule has 0 saturated heterocycles. The fourth-order valence-electron chi connectivity index (χ4n) is 0.956. The summed E-state index contributed by atoms with van der Waals surface area (Å²) >= 11 is 0. The van der Waals surface area contributed by atoms with E-state index in [2.05, 4.69) is 23.5 Å². The molecule has 0 heterocycles. The highest BCUT2D eigenvalue weighted by Crippen LogP contribution is 2.05. The molecule has 0 saturated carbocycles. The molecule has 78 valence electrons. The van der Waals surface area contributed by atoms with Gasteiger partial charge in [0.1, 0.15) is 5.84 Å². The van der Waals surface area contributed by atoms with Crippen molar-refractivity contribution in [2.24, 2.45) is 4.99 Å². The Balaban J connectivity index is 4.28. The van der Waals surface area contributed by atoms with Crippen LogP contribution in [0.25, 0.3) is 0 Å². The first-order chi connectivity index (χ1) is 6.65. The van der Waals surface area contributed by atoms with Gasteiger partial charge >= 0.3 is 0 Å². The molecule has 0 atom stereocenters. The highest BCUT2D eigenvalue weighted by Gasteiger charge is 2.02. The van der Waals surface area contributed by atoms with Crippen molar-refractivity contribution in [3.05, 3.63) is 36.6 Å². The molecule has 0 aromatic carbocycles. The Hall–Kier alpha value is -1.31. The van der Waals surface area contributed by atoms with Crippen molar-refractivity contribution in [3.63, 3.8) is 0 Å². The fourth-order valence-corrected chi connectivity index (χ4v) is 0.956. The first kappa shape index (κ1) is 12.7. The topological polar surface area (TPSA) is 24.4 Å². The van der Waals surface area contributed by atoms with Crippen LogP contribution in [-0.4, -0.2) is 12.9 Å². The van der Waals surface area contributed by atoms with Gasteiger partial charge in [-0.1, -0.05) is 18.7 Å². The average molecular weight is 192 g/mol. The maximum atomic E-state index is 4.16. The molecule has 0 spiro atoms. The predicted octanol–water partition coefficient (Wildman–Crippen LogP) is 3.05. The number of amidine groups is 1. The quantitative estimate of drug-likeness (QED) is 0.404. The Kier molecular flexibility index (Phi) is 6.46. The summed E-state index contributed by atoms with van der Waals surface area (Å²) < 4.78 is 0. The van der Waals surface area contributed by atoms with Crippen LogP contribution >= 0.6 is 0 Å². The third kappa shape index (κ3) is 4.65. The van der Waals surface area contributed by atoms with Gasteiger partial charge in [0.25, 0.3) is 0 Å². The van der Waals surface area contributed by atoms with Crippen molar-refractivity contribution in [3.8, 4) is 0 Å². The van der Waals surface area contributed by atoms with Crippen molar-refractivity contribution < 1.29 is 0 Å². The predicted molar refractivity (Wildman–Crippen MR) is 64.5 cm³/mol. The lowest BCUT2D eigenvalue weighted by atomic mass is 10.1. The molecule has 0 unspecified atom stereocenters. The van der Waals surface area contributed by atoms with Gasteiger partial charge in [0.2, 0.25) is 0 Å². The van der Waals surface area contributed by atoms with Crippen molar-refractivity contribution >= 4 is 5.84 Å². The van der Waals surface area contributed by atoms with Gasteiger partial charge < -0.3 is 5.32 Å². The first-order valence-electron chi connectivity index (χ1n) is 4.81. The molecule has 1 N–H and O–H groups in total. The lowest BCUT2D eigenvalue weighted by Gasteiger charge is -2.11. The van der Waals surface area contributed by atoms with E-state index in [1.807, 2.05) is 26.0 Å². The molecule has 0 fully saturated rings. The molecule has 0 amide bonds. The summed E-state index contributed by atoms with van der Waals surface area (Å²) in [4.78, 5) is 4.16. The van der Waals surface area contributed by atoms with Crippen LogP contribution in [0.5, 0.6) is 0 Å². The minimum atomic E-state index is 0.863. The van der Waals surface area contributed by atoms with Crippen LogP contribution in [0.4, 0.5) is 0 Å². The Bertz CT molecular complexity index is 259. The van der Waals surface area contributed by atoms with E-state index in [0.29, 0.717) is 0 Å². The highest BCUT2D eigenvalue weighted by atomic mass is 15.0. The smallest absolute Gasteiger partial charge is 0.127 e. The summed E-state index contributed by atoms with van der Waals surface area (Å²) in [6, 6.07) is 0. The lowest BCUT2D eigenvalue weighted by molar-refractivity contribution is 0.993. The third-order valence-electron chi connectivity index (χ3n) is 1.96. The second-order valence-electron chi connectivity index (χ2n) is 3.10. The molecule has 0 bridgehead atoms. The van der Waals surface area contributed by atoms with Crippen LogP contribution < -0.4 is 5.32 Å². The van der Waals surface area contributed by atoms with Crippen molar-refractivity contribution in [2.45, 2.75) is 26.7 Å². The number of aliphatic imine (C=N–C) groups is 1. The van der Waals surface area contributed by atoms with Gasteiger partial charge in [-0.15, -0.1) is 6.58 Å². The molecule has 2 heteroatoms. The summed E-state index contributed by atoms with van der Waals surface area (Å²) in [6.07, 6.45) is 5.74. The summed E-state index contributed by atoms with van der Waals surface area (Å²) in [6.45, 7) is 11.7. The molecular formula is C12H20N2. The first-order valence-corrected chi connectivity index (χ1v) is 4.81. The molecule has 0 aliphatic heterocycles. The Labute approximate surface area is 87.1 Å². The molecule has 2 nitrogen and oxygen atoms in total. The summed E-state index contributed by atoms with van der Waals surface area (Å²) in [5, 5.41) is 3.20. The van der Waals surface area contributed by atoms with E-state index >= 15 is 0 Å². The highest BCUT2D eigenvalue weighted by molar-refractivity contribution is 5.98. The monoisotopic (exact) mass is 192 g/mol. The van der Waals surface area contributed by atoms with Crippen LogP contribution in [0, 0.1) is 0 Å². The second kappa shape index (κ2) is 7.13. The normalized spacial score (nSPS) is 12.5. The standard InChI is InChI=1S/C12H20N2/c1-6-8-9-10(3)12(13-5)14-11(4)7-2/h6-7H,1,3,8-9H2,2,4-5H3,(H,13,14)/b11-7-. The van der Waals surface area contributed by atoms with E-state index < -0.39 is 0 Å². The average Bonchev–Trinajstić information content (AvgIpc) is 2.21. The Morgan fingerprint density at radius 1 is 1.50 bits per heavy atom. The minimum absolute atomic E-state index is 0.863. The summed E-state index contributed by atoms with van der Waals surface area (Å²) in [5.74, 6) is 0.863. The van der Waals surface area contributed by atoms with Crippen molar-refractivity contribution in [1.82, 2.24) is 5.32 Å². The zero-order valence-electron chi connectivity index (χ0n) is 9.43. The lowest BCUT2D eigenvalue weighted by Crippen LogP contribution is -2.23. The zero-order valence-corrected chi connectivity index (χ0v) is 9.43. The zero-order chi connectivity index (χ0) is 11.0. The second-order valence-corrected chi connectivity index (χ2v) is 3.10. The number of hydrogen-bond acceptors (Lipinski definition) is 1. The van der Waals surface area contributed by atoms with Gasteiger partial charge in [-0.3, -0.25) is 4.99 Å². The molecule has 0 aromatic heterocycles. The van der Waals surface area contributed by atoms with E-state index in [1.54, 1.807) is 7.05 Å². The van der Waals surface area contributed by atoms with E-state index in [1.165, 1.54) is 0 Å². The van der Waals surface area contributed by atoms with Crippen molar-refractivity contribution in [1.29, 1.82) is 0 Å². The summed E-state index contributed by atoms with van der Waals surface area (Å²) in [5.41, 5.74) is 2.11. The van der Waals surface area contributed by atoms with Gasteiger partial charge in [-0.2, -0.15) is 0 Å². The molecule has 0 aliphatic rings. The van der Waals surface area contributed by atoms with Gasteiger partial charge in [0.15, 0.2) is 0 Å². The number of hydrogen-bond donors (Lipinski definition) is 1. The van der Waals surface area contributed by atoms with Gasteiger partial charge in [-0.05, 0) is 32.3 Å². The van der Waals surface area contributed by atoms with Crippen LogP contribution in [0.1, 0.15) is 26.7 Å². The van der Waals surface area contributed by atoms with E-state index in [4.69, 9.17) is 0 Å². The molecule has 0 radical (unpaired) electrons. The molecular weight excluding hydrogens is 172 g/mol. The van der Waals surface area contributed by atoms with Gasteiger partial charge in [0, 0.05) is 12.7 Å². The summed E-state index contributed by atoms with van der Waals surface area (Å²) in [7, 11) is 1.77. The molecule has 0 aromatic rings. The van der Waals surface area contributed by atoms with Gasteiger partial charge in [-0.25, -0.2) is 0 Å². The third-order valence-corrected chi connectivity index (χ3v) is 1.96. The molecule has 0 aliphatic carbocycles. The number of nitrogens with zero attached hydrogens (tertiary/aromatic N) is 1. The maximum absolute atomic E-state index is 4.16. The van der Waals surface area contributed by atoms with Crippen LogP contribution in [0.2, 0.25) is 0 Å². The van der Waals surface area contributed by atoms with E-state index in [-0.39, 0.29) is 0 Å². The SMILES string of the molecule is C=CCCC(=C)C(=NC)N/C(C)=C\C. The van der Waals surface area contributed by atoms with Crippen LogP contribution in [0.15, 0.2) is 41.6 Å². The minimum Gasteiger partial charge on any atom is -0.345 e. The number of allylic oxidation sites excluding steroid dienone is 3. The van der Waals surface area contributed by atoms with Crippen LogP contribution in [-0.2, 0) is 0 Å². The van der Waals surface area contributed by atoms with E-state index in [0.717, 1.165) is 29.9 Å². The number of rotatable bonds is 5. The Morgan fingerprint density at radius 2 is 2.14 bits per heavy atom. The fraction of sp³-hybridized carbons (Fsp3) is 0.417. The number of nitrogens with one attached hydrogen (secondary N) is 1. The largest absolute Gasteiger partial charge is 0.345 e. The molecule has 0 rings (SSSR count). The van der Waals surface area contributed by atoms with Crippen molar-refractivity contribution in [2.75, 3.05) is 7.05 Å². The van der Waals surface area contributed by atoms with Gasteiger partial charge in [0.05, 0.1) is 0 Å².